The van der Waals surface area contributed by atoms with Crippen LogP contribution in [0.4, 0.5) is 0 Å². The molecule has 1 aromatic rings. The predicted molar refractivity (Wildman–Crippen MR) is 70.7 cm³/mol. The van der Waals surface area contributed by atoms with E-state index in [4.69, 9.17) is 0 Å². The molecule has 0 N–H and O–H groups in total. The van der Waals surface area contributed by atoms with Gasteiger partial charge in [0.15, 0.2) is 0 Å². The molecule has 1 aliphatic carbocycles. The summed E-state index contributed by atoms with van der Waals surface area (Å²) in [4.78, 5) is 0. The molecule has 0 saturated carbocycles. The van der Waals surface area contributed by atoms with Gasteiger partial charge in [0, 0.05) is 5.92 Å². The number of allylic oxidation sites excluding steroid dienone is 4. The van der Waals surface area contributed by atoms with Crippen LogP contribution in [0.3, 0.4) is 0 Å². The molecule has 0 spiro atoms. The summed E-state index contributed by atoms with van der Waals surface area (Å²) in [5.74, 6) is 1.16. The largest absolute Gasteiger partial charge is 0.0764 e. The van der Waals surface area contributed by atoms with Gasteiger partial charge in [-0.05, 0) is 43.4 Å². The lowest BCUT2D eigenvalue weighted by atomic mass is 9.79. The highest BCUT2D eigenvalue weighted by Crippen LogP contribution is 2.34. The zero-order chi connectivity index (χ0) is 11.7. The summed E-state index contributed by atoms with van der Waals surface area (Å²) >= 11 is 0. The monoisotopic (exact) mass is 212 g/mol. The molecule has 0 radical (unpaired) electrons. The van der Waals surface area contributed by atoms with Crippen molar-refractivity contribution in [2.24, 2.45) is 5.92 Å². The Balaban J connectivity index is 2.35. The highest BCUT2D eigenvalue weighted by Gasteiger charge is 2.20. The standard InChI is InChI=1S/C16H20/c1-11-8-9-15(10-13(11)3)16-7-5-6-12(2)14(16)4/h5-10,14,16H,1-4H3. The van der Waals surface area contributed by atoms with Crippen LogP contribution < -0.4 is 0 Å². The summed E-state index contributed by atoms with van der Waals surface area (Å²) < 4.78 is 0. The number of hydrogen-bond acceptors (Lipinski definition) is 0. The molecular formula is C16H20. The van der Waals surface area contributed by atoms with Crippen molar-refractivity contribution in [3.8, 4) is 0 Å². The van der Waals surface area contributed by atoms with Crippen LogP contribution in [0.5, 0.6) is 0 Å². The van der Waals surface area contributed by atoms with E-state index >= 15 is 0 Å². The molecular weight excluding hydrogens is 192 g/mol. The molecule has 0 aliphatic heterocycles. The minimum absolute atomic E-state index is 0.546. The maximum absolute atomic E-state index is 2.33. The molecule has 0 amide bonds. The van der Waals surface area contributed by atoms with Crippen LogP contribution >= 0.6 is 0 Å². The number of aryl methyl sites for hydroxylation is 2. The van der Waals surface area contributed by atoms with E-state index in [9.17, 15) is 0 Å². The molecule has 0 heteroatoms. The molecule has 2 rings (SSSR count). The summed E-state index contributed by atoms with van der Waals surface area (Å²) in [7, 11) is 0. The van der Waals surface area contributed by atoms with Gasteiger partial charge in [-0.2, -0.15) is 0 Å². The summed E-state index contributed by atoms with van der Waals surface area (Å²) in [5, 5.41) is 0. The van der Waals surface area contributed by atoms with E-state index in [0.29, 0.717) is 11.8 Å². The Morgan fingerprint density at radius 1 is 1.00 bits per heavy atom. The molecule has 0 heterocycles. The Morgan fingerprint density at radius 3 is 2.44 bits per heavy atom. The van der Waals surface area contributed by atoms with E-state index in [-0.39, 0.29) is 0 Å². The SMILES string of the molecule is CC1=CC=CC(c2ccc(C)c(C)c2)C1C. The van der Waals surface area contributed by atoms with Crippen LogP contribution in [0.1, 0.15) is 36.5 Å². The molecule has 1 aromatic carbocycles. The second kappa shape index (κ2) is 4.29. The van der Waals surface area contributed by atoms with Gasteiger partial charge in [0.1, 0.15) is 0 Å². The number of benzene rings is 1. The summed E-state index contributed by atoms with van der Waals surface area (Å²) in [6.45, 7) is 8.90. The quantitative estimate of drug-likeness (QED) is 0.641. The van der Waals surface area contributed by atoms with Gasteiger partial charge in [0.25, 0.3) is 0 Å². The first kappa shape index (κ1) is 11.2. The Labute approximate surface area is 98.7 Å². The van der Waals surface area contributed by atoms with Crippen molar-refractivity contribution in [1.82, 2.24) is 0 Å². The van der Waals surface area contributed by atoms with Crippen LogP contribution in [-0.4, -0.2) is 0 Å². The van der Waals surface area contributed by atoms with Crippen LogP contribution in [0.25, 0.3) is 0 Å². The molecule has 1 aliphatic rings. The van der Waals surface area contributed by atoms with Gasteiger partial charge in [-0.15, -0.1) is 0 Å². The smallest absolute Gasteiger partial charge is 0.00840 e. The highest BCUT2D eigenvalue weighted by molar-refractivity contribution is 5.37. The van der Waals surface area contributed by atoms with Crippen molar-refractivity contribution in [3.63, 3.8) is 0 Å². The third-order valence-corrected chi connectivity index (χ3v) is 3.85. The fraction of sp³-hybridized carbons (Fsp3) is 0.375. The Morgan fingerprint density at radius 2 is 1.75 bits per heavy atom. The van der Waals surface area contributed by atoms with E-state index in [1.165, 1.54) is 22.3 Å². The van der Waals surface area contributed by atoms with Crippen molar-refractivity contribution in [2.45, 2.75) is 33.6 Å². The third-order valence-electron chi connectivity index (χ3n) is 3.85. The molecule has 0 saturated heterocycles. The molecule has 16 heavy (non-hydrogen) atoms. The molecule has 0 fully saturated rings. The third kappa shape index (κ3) is 1.97. The molecule has 0 bridgehead atoms. The van der Waals surface area contributed by atoms with Crippen LogP contribution in [0, 0.1) is 19.8 Å². The lowest BCUT2D eigenvalue weighted by Crippen LogP contribution is -2.11. The fourth-order valence-corrected chi connectivity index (χ4v) is 2.30. The van der Waals surface area contributed by atoms with E-state index in [2.05, 4.69) is 64.1 Å². The van der Waals surface area contributed by atoms with Crippen LogP contribution in [0.15, 0.2) is 42.0 Å². The number of hydrogen-bond donors (Lipinski definition) is 0. The molecule has 2 atom stereocenters. The van der Waals surface area contributed by atoms with Gasteiger partial charge < -0.3 is 0 Å². The van der Waals surface area contributed by atoms with Crippen molar-refractivity contribution in [2.75, 3.05) is 0 Å². The van der Waals surface area contributed by atoms with Crippen LogP contribution in [0.2, 0.25) is 0 Å². The highest BCUT2D eigenvalue weighted by atomic mass is 14.2. The number of rotatable bonds is 1. The van der Waals surface area contributed by atoms with Gasteiger partial charge in [-0.3, -0.25) is 0 Å². The van der Waals surface area contributed by atoms with E-state index in [0.717, 1.165) is 0 Å². The second-order valence-electron chi connectivity index (χ2n) is 4.95. The average molecular weight is 212 g/mol. The maximum Gasteiger partial charge on any atom is 0.00840 e. The van der Waals surface area contributed by atoms with E-state index in [1.54, 1.807) is 0 Å². The Bertz CT molecular complexity index is 449. The fourth-order valence-electron chi connectivity index (χ4n) is 2.30. The van der Waals surface area contributed by atoms with Gasteiger partial charge in [-0.25, -0.2) is 0 Å². The van der Waals surface area contributed by atoms with Gasteiger partial charge in [0.2, 0.25) is 0 Å². The average Bonchev–Trinajstić information content (AvgIpc) is 2.26. The van der Waals surface area contributed by atoms with Gasteiger partial charge in [-0.1, -0.05) is 48.9 Å². The maximum atomic E-state index is 2.33. The first-order chi connectivity index (χ1) is 7.59. The Kier molecular flexibility index (Phi) is 3.00. The summed E-state index contributed by atoms with van der Waals surface area (Å²) in [6.07, 6.45) is 6.74. The minimum atomic E-state index is 0.546. The predicted octanol–water partition coefficient (Wildman–Crippen LogP) is 4.54. The summed E-state index contributed by atoms with van der Waals surface area (Å²) in [6, 6.07) is 6.84. The van der Waals surface area contributed by atoms with E-state index in [1.807, 2.05) is 0 Å². The summed E-state index contributed by atoms with van der Waals surface area (Å²) in [5.41, 5.74) is 5.69. The second-order valence-corrected chi connectivity index (χ2v) is 4.95. The zero-order valence-corrected chi connectivity index (χ0v) is 10.6. The molecule has 84 valence electrons. The zero-order valence-electron chi connectivity index (χ0n) is 10.6. The minimum Gasteiger partial charge on any atom is -0.0764 e. The van der Waals surface area contributed by atoms with Crippen molar-refractivity contribution >= 4 is 0 Å². The van der Waals surface area contributed by atoms with E-state index < -0.39 is 0 Å². The van der Waals surface area contributed by atoms with Crippen molar-refractivity contribution < 1.29 is 0 Å². The molecule has 0 nitrogen and oxygen atoms in total. The molecule has 2 unspecified atom stereocenters. The van der Waals surface area contributed by atoms with Gasteiger partial charge in [0.05, 0.1) is 0 Å². The lowest BCUT2D eigenvalue weighted by molar-refractivity contribution is 0.598. The van der Waals surface area contributed by atoms with Crippen molar-refractivity contribution in [1.29, 1.82) is 0 Å². The first-order valence-corrected chi connectivity index (χ1v) is 6.01. The molecule has 0 aromatic heterocycles. The lowest BCUT2D eigenvalue weighted by Gasteiger charge is -2.25. The van der Waals surface area contributed by atoms with Gasteiger partial charge >= 0.3 is 0 Å². The van der Waals surface area contributed by atoms with Crippen LogP contribution in [-0.2, 0) is 0 Å². The topological polar surface area (TPSA) is 0 Å². The van der Waals surface area contributed by atoms with Crippen molar-refractivity contribution in [3.05, 3.63) is 58.7 Å². The normalized spacial score (nSPS) is 24.4. The Hall–Kier alpha value is -1.30. The first-order valence-electron chi connectivity index (χ1n) is 6.01.